The molecule has 0 aliphatic rings. The summed E-state index contributed by atoms with van der Waals surface area (Å²) in [5.41, 5.74) is 7.94. The Kier molecular flexibility index (Phi) is 5.99. The van der Waals surface area contributed by atoms with Crippen LogP contribution in [0.25, 0.3) is 0 Å². The molecule has 0 saturated heterocycles. The lowest BCUT2D eigenvalue weighted by atomic mass is 10.0. The van der Waals surface area contributed by atoms with E-state index >= 15 is 0 Å². The second-order valence-corrected chi connectivity index (χ2v) is 4.89. The maximum Gasteiger partial charge on any atom is 0.142 e. The third-order valence-corrected chi connectivity index (χ3v) is 3.10. The van der Waals surface area contributed by atoms with Crippen molar-refractivity contribution in [2.45, 2.75) is 52.6 Å². The van der Waals surface area contributed by atoms with Gasteiger partial charge in [-0.2, -0.15) is 0 Å². The molecule has 3 nitrogen and oxygen atoms in total. The minimum atomic E-state index is 0.456. The molecule has 1 rings (SSSR count). The van der Waals surface area contributed by atoms with Crippen molar-refractivity contribution in [3.05, 3.63) is 23.8 Å². The van der Waals surface area contributed by atoms with Crippen molar-refractivity contribution in [3.63, 3.8) is 0 Å². The predicted octanol–water partition coefficient (Wildman–Crippen LogP) is 2.99. The summed E-state index contributed by atoms with van der Waals surface area (Å²) >= 11 is 0. The fourth-order valence-electron chi connectivity index (χ4n) is 2.03. The Labute approximate surface area is 111 Å². The van der Waals surface area contributed by atoms with E-state index in [0.717, 1.165) is 24.3 Å². The summed E-state index contributed by atoms with van der Waals surface area (Å²) in [6.45, 7) is 9.22. The van der Waals surface area contributed by atoms with Crippen molar-refractivity contribution in [3.8, 4) is 5.75 Å². The number of rotatable bonds is 7. The van der Waals surface area contributed by atoms with E-state index in [1.807, 2.05) is 19.1 Å². The average Bonchev–Trinajstić information content (AvgIpc) is 2.32. The van der Waals surface area contributed by atoms with Gasteiger partial charge in [-0.15, -0.1) is 0 Å². The highest BCUT2D eigenvalue weighted by Crippen LogP contribution is 2.23. The minimum Gasteiger partial charge on any atom is -0.492 e. The van der Waals surface area contributed by atoms with Gasteiger partial charge in [0.2, 0.25) is 0 Å². The van der Waals surface area contributed by atoms with Crippen LogP contribution in [-0.2, 0) is 6.42 Å². The van der Waals surface area contributed by atoms with Gasteiger partial charge in [-0.25, -0.2) is 0 Å². The van der Waals surface area contributed by atoms with Gasteiger partial charge >= 0.3 is 0 Å². The quantitative estimate of drug-likeness (QED) is 0.731. The van der Waals surface area contributed by atoms with Crippen LogP contribution in [0.2, 0.25) is 0 Å². The van der Waals surface area contributed by atoms with Gasteiger partial charge in [0.25, 0.3) is 0 Å². The maximum atomic E-state index is 5.97. The Morgan fingerprint density at radius 1 is 1.22 bits per heavy atom. The topological polar surface area (TPSA) is 47.3 Å². The van der Waals surface area contributed by atoms with Gasteiger partial charge in [0.15, 0.2) is 0 Å². The zero-order chi connectivity index (χ0) is 13.5. The number of benzene rings is 1. The summed E-state index contributed by atoms with van der Waals surface area (Å²) in [6.07, 6.45) is 2.14. The van der Waals surface area contributed by atoms with Gasteiger partial charge in [-0.3, -0.25) is 0 Å². The van der Waals surface area contributed by atoms with E-state index in [2.05, 4.69) is 32.2 Å². The van der Waals surface area contributed by atoms with Crippen molar-refractivity contribution in [2.24, 2.45) is 0 Å². The molecule has 0 saturated carbocycles. The summed E-state index contributed by atoms with van der Waals surface area (Å²) in [7, 11) is 0. The van der Waals surface area contributed by atoms with Crippen LogP contribution in [0.3, 0.4) is 0 Å². The van der Waals surface area contributed by atoms with Crippen LogP contribution >= 0.6 is 0 Å². The zero-order valence-corrected chi connectivity index (χ0v) is 12.0. The SMILES string of the molecule is CCOc1ccc(CC(C)NC(C)CC)cc1N. The highest BCUT2D eigenvalue weighted by Gasteiger charge is 2.08. The summed E-state index contributed by atoms with van der Waals surface area (Å²) in [5.74, 6) is 0.781. The number of nitrogen functional groups attached to an aromatic ring is 1. The Balaban J connectivity index is 2.59. The van der Waals surface area contributed by atoms with E-state index in [0.29, 0.717) is 18.7 Å². The van der Waals surface area contributed by atoms with E-state index in [1.165, 1.54) is 5.56 Å². The number of hydrogen-bond acceptors (Lipinski definition) is 3. The summed E-state index contributed by atoms with van der Waals surface area (Å²) in [4.78, 5) is 0. The van der Waals surface area contributed by atoms with Gasteiger partial charge in [0.1, 0.15) is 5.75 Å². The lowest BCUT2D eigenvalue weighted by Crippen LogP contribution is -2.35. The van der Waals surface area contributed by atoms with Gasteiger partial charge in [-0.05, 0) is 51.3 Å². The molecular formula is C15H26N2O. The van der Waals surface area contributed by atoms with Crippen LogP contribution in [0.1, 0.15) is 39.7 Å². The molecule has 18 heavy (non-hydrogen) atoms. The molecule has 0 aromatic heterocycles. The number of nitrogens with one attached hydrogen (secondary N) is 1. The molecule has 1 aromatic rings. The van der Waals surface area contributed by atoms with E-state index in [4.69, 9.17) is 10.5 Å². The van der Waals surface area contributed by atoms with Gasteiger partial charge < -0.3 is 15.8 Å². The first-order valence-electron chi connectivity index (χ1n) is 6.84. The lowest BCUT2D eigenvalue weighted by Gasteiger charge is -2.19. The molecule has 0 aliphatic carbocycles. The standard InChI is InChI=1S/C15H26N2O/c1-5-11(3)17-12(4)9-13-7-8-15(18-6-2)14(16)10-13/h7-8,10-12,17H,5-6,9,16H2,1-4H3. The Hall–Kier alpha value is -1.22. The molecule has 102 valence electrons. The molecule has 1 aromatic carbocycles. The van der Waals surface area contributed by atoms with Gasteiger partial charge in [0, 0.05) is 12.1 Å². The third-order valence-electron chi connectivity index (χ3n) is 3.10. The van der Waals surface area contributed by atoms with E-state index in [9.17, 15) is 0 Å². The molecular weight excluding hydrogens is 224 g/mol. The van der Waals surface area contributed by atoms with Crippen LogP contribution in [-0.4, -0.2) is 18.7 Å². The highest BCUT2D eigenvalue weighted by atomic mass is 16.5. The largest absolute Gasteiger partial charge is 0.492 e. The van der Waals surface area contributed by atoms with Crippen LogP contribution in [0, 0.1) is 0 Å². The number of nitrogens with two attached hydrogens (primary N) is 1. The molecule has 3 N–H and O–H groups in total. The maximum absolute atomic E-state index is 5.97. The van der Waals surface area contributed by atoms with Crippen LogP contribution in [0.4, 0.5) is 5.69 Å². The van der Waals surface area contributed by atoms with E-state index < -0.39 is 0 Å². The zero-order valence-electron chi connectivity index (χ0n) is 12.0. The number of hydrogen-bond donors (Lipinski definition) is 2. The fourth-order valence-corrected chi connectivity index (χ4v) is 2.03. The minimum absolute atomic E-state index is 0.456. The summed E-state index contributed by atoms with van der Waals surface area (Å²) in [5, 5.41) is 3.57. The average molecular weight is 250 g/mol. The summed E-state index contributed by atoms with van der Waals surface area (Å²) in [6, 6.07) is 7.08. The first-order chi connectivity index (χ1) is 8.56. The van der Waals surface area contributed by atoms with Gasteiger partial charge in [-0.1, -0.05) is 13.0 Å². The van der Waals surface area contributed by atoms with Gasteiger partial charge in [0.05, 0.1) is 12.3 Å². The van der Waals surface area contributed by atoms with E-state index in [1.54, 1.807) is 0 Å². The van der Waals surface area contributed by atoms with E-state index in [-0.39, 0.29) is 0 Å². The highest BCUT2D eigenvalue weighted by molar-refractivity contribution is 5.54. The molecule has 3 heteroatoms. The van der Waals surface area contributed by atoms with Crippen molar-refractivity contribution < 1.29 is 4.74 Å². The van der Waals surface area contributed by atoms with Crippen molar-refractivity contribution in [1.29, 1.82) is 0 Å². The normalized spacial score (nSPS) is 14.2. The van der Waals surface area contributed by atoms with Crippen LogP contribution < -0.4 is 15.8 Å². The molecule has 2 atom stereocenters. The predicted molar refractivity (Wildman–Crippen MR) is 78.1 cm³/mol. The monoisotopic (exact) mass is 250 g/mol. The second-order valence-electron chi connectivity index (χ2n) is 4.89. The van der Waals surface area contributed by atoms with Crippen molar-refractivity contribution in [1.82, 2.24) is 5.32 Å². The molecule has 0 amide bonds. The molecule has 0 radical (unpaired) electrons. The molecule has 2 unspecified atom stereocenters. The lowest BCUT2D eigenvalue weighted by molar-refractivity contribution is 0.342. The number of ether oxygens (including phenoxy) is 1. The smallest absolute Gasteiger partial charge is 0.142 e. The third kappa shape index (κ3) is 4.57. The van der Waals surface area contributed by atoms with Crippen LogP contribution in [0.5, 0.6) is 5.75 Å². The van der Waals surface area contributed by atoms with Crippen LogP contribution in [0.15, 0.2) is 18.2 Å². The molecule has 0 aliphatic heterocycles. The molecule has 0 fully saturated rings. The van der Waals surface area contributed by atoms with Crippen molar-refractivity contribution in [2.75, 3.05) is 12.3 Å². The number of anilines is 1. The first-order valence-corrected chi connectivity index (χ1v) is 6.84. The second kappa shape index (κ2) is 7.27. The van der Waals surface area contributed by atoms with Crippen molar-refractivity contribution >= 4 is 5.69 Å². The molecule has 0 heterocycles. The molecule has 0 spiro atoms. The summed E-state index contributed by atoms with van der Waals surface area (Å²) < 4.78 is 5.44. The fraction of sp³-hybridized carbons (Fsp3) is 0.600. The Morgan fingerprint density at radius 2 is 1.94 bits per heavy atom. The Morgan fingerprint density at radius 3 is 2.50 bits per heavy atom. The Bertz CT molecular complexity index is 366. The molecule has 0 bridgehead atoms. The first kappa shape index (κ1) is 14.8.